The lowest BCUT2D eigenvalue weighted by Gasteiger charge is -2.08. The number of aryl methyl sites for hydroxylation is 1. The van der Waals surface area contributed by atoms with Gasteiger partial charge in [0.1, 0.15) is 10.9 Å². The minimum atomic E-state index is -0.366. The molecule has 0 fully saturated rings. The average molecular weight is 404 g/mol. The average Bonchev–Trinajstić information content (AvgIpc) is 2.72. The number of aromatic nitrogens is 1. The molecule has 1 amide bonds. The molecule has 1 heterocycles. The van der Waals surface area contributed by atoms with Crippen molar-refractivity contribution in [1.29, 1.82) is 0 Å². The van der Waals surface area contributed by atoms with Crippen LogP contribution in [0.1, 0.15) is 11.1 Å². The smallest absolute Gasteiger partial charge is 0.277 e. The van der Waals surface area contributed by atoms with E-state index in [1.807, 2.05) is 73.7 Å². The predicted octanol–water partition coefficient (Wildman–Crippen LogP) is 4.88. The van der Waals surface area contributed by atoms with Gasteiger partial charge in [0.2, 0.25) is 0 Å². The highest BCUT2D eigenvalue weighted by Crippen LogP contribution is 2.25. The number of nitrogens with one attached hydrogen (secondary N) is 1. The molecule has 4 aromatic rings. The molecule has 0 aliphatic rings. The summed E-state index contributed by atoms with van der Waals surface area (Å²) in [4.78, 5) is 16.5. The Labute approximate surface area is 173 Å². The number of rotatable bonds is 5. The Kier molecular flexibility index (Phi) is 5.40. The Bertz CT molecular complexity index is 1230. The molecule has 3 aromatic carbocycles. The molecule has 0 bridgehead atoms. The highest BCUT2D eigenvalue weighted by molar-refractivity contribution is 6.32. The Morgan fingerprint density at radius 2 is 1.93 bits per heavy atom. The molecule has 0 spiro atoms. The fraction of sp³-hybridized carbons (Fsp3) is 0.0870. The van der Waals surface area contributed by atoms with Crippen molar-refractivity contribution in [2.24, 2.45) is 5.10 Å². The molecule has 6 heteroatoms. The number of hydrogen-bond donors (Lipinski definition) is 1. The molecule has 29 heavy (non-hydrogen) atoms. The number of pyridine rings is 1. The minimum absolute atomic E-state index is 0.145. The van der Waals surface area contributed by atoms with E-state index in [2.05, 4.69) is 15.5 Å². The highest BCUT2D eigenvalue weighted by Gasteiger charge is 2.06. The fourth-order valence-electron chi connectivity index (χ4n) is 3.03. The van der Waals surface area contributed by atoms with Crippen molar-refractivity contribution >= 4 is 45.4 Å². The van der Waals surface area contributed by atoms with Crippen molar-refractivity contribution in [2.75, 3.05) is 6.61 Å². The van der Waals surface area contributed by atoms with Crippen LogP contribution in [0.4, 0.5) is 0 Å². The SMILES string of the molecule is Cc1ccc2cc(C=NNC(=O)COc3cccc4ccccc34)c(Cl)nc2c1. The third-order valence-corrected chi connectivity index (χ3v) is 4.76. The first-order valence-corrected chi connectivity index (χ1v) is 9.47. The molecule has 0 aliphatic heterocycles. The summed E-state index contributed by atoms with van der Waals surface area (Å²) in [5, 5.41) is 7.26. The first-order chi connectivity index (χ1) is 14.1. The Morgan fingerprint density at radius 1 is 1.10 bits per heavy atom. The summed E-state index contributed by atoms with van der Waals surface area (Å²) >= 11 is 6.23. The predicted molar refractivity (Wildman–Crippen MR) is 117 cm³/mol. The van der Waals surface area contributed by atoms with Gasteiger partial charge in [-0.05, 0) is 36.1 Å². The van der Waals surface area contributed by atoms with Crippen LogP contribution in [0.25, 0.3) is 21.7 Å². The maximum Gasteiger partial charge on any atom is 0.277 e. The second-order valence-corrected chi connectivity index (χ2v) is 6.98. The first kappa shape index (κ1) is 18.9. The van der Waals surface area contributed by atoms with Gasteiger partial charge in [0.05, 0.1) is 11.7 Å². The molecule has 0 unspecified atom stereocenters. The Hall–Kier alpha value is -3.44. The number of nitrogens with zero attached hydrogens (tertiary/aromatic N) is 2. The summed E-state index contributed by atoms with van der Waals surface area (Å²) in [7, 11) is 0. The van der Waals surface area contributed by atoms with E-state index in [1.54, 1.807) is 0 Å². The fourth-order valence-corrected chi connectivity index (χ4v) is 3.23. The number of hydrazone groups is 1. The van der Waals surface area contributed by atoms with Crippen molar-refractivity contribution in [3.8, 4) is 5.75 Å². The maximum atomic E-state index is 12.1. The van der Waals surface area contributed by atoms with Crippen LogP contribution in [0.15, 0.2) is 71.8 Å². The third-order valence-electron chi connectivity index (χ3n) is 4.46. The number of carbonyl (C=O) groups is 1. The standard InChI is InChI=1S/C23H18ClN3O2/c1-15-9-10-17-12-18(23(24)26-20(17)11-15)13-25-27-22(28)14-29-21-8-4-6-16-5-2-3-7-19(16)21/h2-13H,14H2,1H3,(H,27,28). The van der Waals surface area contributed by atoms with Crippen LogP contribution in [0.5, 0.6) is 5.75 Å². The molecule has 0 atom stereocenters. The van der Waals surface area contributed by atoms with E-state index in [9.17, 15) is 4.79 Å². The van der Waals surface area contributed by atoms with Gasteiger partial charge in [0.25, 0.3) is 5.91 Å². The number of benzene rings is 3. The van der Waals surface area contributed by atoms with Crippen molar-refractivity contribution in [3.63, 3.8) is 0 Å². The lowest BCUT2D eigenvalue weighted by atomic mass is 10.1. The van der Waals surface area contributed by atoms with Gasteiger partial charge < -0.3 is 4.74 Å². The molecule has 0 saturated carbocycles. The van der Waals surface area contributed by atoms with E-state index in [0.29, 0.717) is 16.5 Å². The van der Waals surface area contributed by atoms with E-state index in [4.69, 9.17) is 16.3 Å². The summed E-state index contributed by atoms with van der Waals surface area (Å²) in [6, 6.07) is 21.4. The number of fused-ring (bicyclic) bond motifs is 2. The van der Waals surface area contributed by atoms with Crippen molar-refractivity contribution in [3.05, 3.63) is 83.0 Å². The zero-order valence-electron chi connectivity index (χ0n) is 15.7. The van der Waals surface area contributed by atoms with E-state index in [0.717, 1.165) is 27.2 Å². The summed E-state index contributed by atoms with van der Waals surface area (Å²) in [6.45, 7) is 1.86. The number of ether oxygens (including phenoxy) is 1. The molecule has 0 radical (unpaired) electrons. The van der Waals surface area contributed by atoms with Crippen LogP contribution in [0.3, 0.4) is 0 Å². The zero-order chi connectivity index (χ0) is 20.2. The molecule has 1 N–H and O–H groups in total. The van der Waals surface area contributed by atoms with Gasteiger partial charge in [-0.15, -0.1) is 0 Å². The van der Waals surface area contributed by atoms with Crippen molar-refractivity contribution in [2.45, 2.75) is 6.92 Å². The maximum absolute atomic E-state index is 12.1. The number of amides is 1. The molecule has 0 aliphatic carbocycles. The summed E-state index contributed by atoms with van der Waals surface area (Å²) in [5.41, 5.74) is 5.01. The molecule has 5 nitrogen and oxygen atoms in total. The number of hydrogen-bond acceptors (Lipinski definition) is 4. The van der Waals surface area contributed by atoms with Gasteiger partial charge in [-0.3, -0.25) is 4.79 Å². The lowest BCUT2D eigenvalue weighted by Crippen LogP contribution is -2.24. The monoisotopic (exact) mass is 403 g/mol. The number of carbonyl (C=O) groups excluding carboxylic acids is 1. The van der Waals surface area contributed by atoms with Gasteiger partial charge in [0.15, 0.2) is 6.61 Å². The van der Waals surface area contributed by atoms with Crippen LogP contribution in [-0.2, 0) is 4.79 Å². The molecule has 0 saturated heterocycles. The Balaban J connectivity index is 1.40. The van der Waals surface area contributed by atoms with E-state index in [1.165, 1.54) is 6.21 Å². The third kappa shape index (κ3) is 4.36. The Morgan fingerprint density at radius 3 is 2.83 bits per heavy atom. The highest BCUT2D eigenvalue weighted by atomic mass is 35.5. The van der Waals surface area contributed by atoms with Crippen molar-refractivity contribution in [1.82, 2.24) is 10.4 Å². The van der Waals surface area contributed by atoms with E-state index >= 15 is 0 Å². The minimum Gasteiger partial charge on any atom is -0.483 e. The normalized spacial score (nSPS) is 11.2. The van der Waals surface area contributed by atoms with Gasteiger partial charge >= 0.3 is 0 Å². The largest absolute Gasteiger partial charge is 0.483 e. The molecule has 144 valence electrons. The van der Waals surface area contributed by atoms with Crippen LogP contribution in [0, 0.1) is 6.92 Å². The topological polar surface area (TPSA) is 63.6 Å². The summed E-state index contributed by atoms with van der Waals surface area (Å²) in [5.74, 6) is 0.286. The van der Waals surface area contributed by atoms with Crippen LogP contribution in [-0.4, -0.2) is 23.7 Å². The zero-order valence-corrected chi connectivity index (χ0v) is 16.5. The van der Waals surface area contributed by atoms with Gasteiger partial charge in [-0.25, -0.2) is 10.4 Å². The molecular weight excluding hydrogens is 386 g/mol. The quantitative estimate of drug-likeness (QED) is 0.293. The second kappa shape index (κ2) is 8.29. The van der Waals surface area contributed by atoms with Gasteiger partial charge in [0, 0.05) is 16.3 Å². The lowest BCUT2D eigenvalue weighted by molar-refractivity contribution is -0.123. The summed E-state index contributed by atoms with van der Waals surface area (Å²) < 4.78 is 5.65. The first-order valence-electron chi connectivity index (χ1n) is 9.09. The van der Waals surface area contributed by atoms with Crippen LogP contribution >= 0.6 is 11.6 Å². The second-order valence-electron chi connectivity index (χ2n) is 6.62. The molecule has 4 rings (SSSR count). The van der Waals surface area contributed by atoms with Gasteiger partial charge in [-0.1, -0.05) is 60.1 Å². The molecule has 1 aromatic heterocycles. The van der Waals surface area contributed by atoms with E-state index < -0.39 is 0 Å². The van der Waals surface area contributed by atoms with Crippen molar-refractivity contribution < 1.29 is 9.53 Å². The van der Waals surface area contributed by atoms with E-state index in [-0.39, 0.29) is 12.5 Å². The van der Waals surface area contributed by atoms with Crippen LogP contribution in [0.2, 0.25) is 5.15 Å². The summed E-state index contributed by atoms with van der Waals surface area (Å²) in [6.07, 6.45) is 1.48. The molecular formula is C23H18ClN3O2. The van der Waals surface area contributed by atoms with Crippen LogP contribution < -0.4 is 10.2 Å². The number of halogens is 1. The van der Waals surface area contributed by atoms with Gasteiger partial charge in [-0.2, -0.15) is 5.10 Å².